The van der Waals surface area contributed by atoms with Crippen LogP contribution < -0.4 is 4.90 Å². The monoisotopic (exact) mass is 245 g/mol. The number of alkyl halides is 1. The number of carbonyl (C=O) groups excluding carboxylic acids is 2. The van der Waals surface area contributed by atoms with Crippen molar-refractivity contribution >= 4 is 29.0 Å². The number of hydrogen-bond acceptors (Lipinski definition) is 2. The Morgan fingerprint density at radius 3 is 2.62 bits per heavy atom. The molecule has 6 heteroatoms. The van der Waals surface area contributed by atoms with Crippen LogP contribution in [-0.2, 0) is 4.79 Å². The number of carbonyl (C=O) groups is 2. The van der Waals surface area contributed by atoms with Gasteiger partial charge in [0.1, 0.15) is 12.5 Å². The van der Waals surface area contributed by atoms with E-state index >= 15 is 0 Å². The van der Waals surface area contributed by atoms with Crippen molar-refractivity contribution in [3.8, 4) is 0 Å². The summed E-state index contributed by atoms with van der Waals surface area (Å²) in [5, 5.41) is -0.234. The van der Waals surface area contributed by atoms with Crippen LogP contribution in [0.3, 0.4) is 0 Å². The van der Waals surface area contributed by atoms with Crippen molar-refractivity contribution in [2.75, 3.05) is 18.1 Å². The summed E-state index contributed by atoms with van der Waals surface area (Å²) in [5.41, 5.74) is 0.0967. The number of hydrogen-bond donors (Lipinski definition) is 0. The van der Waals surface area contributed by atoms with Gasteiger partial charge in [-0.1, -0.05) is 11.6 Å². The summed E-state index contributed by atoms with van der Waals surface area (Å²) in [6, 6.07) is 2.06. The Kier molecular flexibility index (Phi) is 2.63. The van der Waals surface area contributed by atoms with Crippen molar-refractivity contribution in [2.24, 2.45) is 0 Å². The second-order valence-electron chi connectivity index (χ2n) is 3.26. The van der Waals surface area contributed by atoms with Crippen LogP contribution in [-0.4, -0.2) is 24.9 Å². The van der Waals surface area contributed by atoms with E-state index < -0.39 is 24.2 Å². The fourth-order valence-electron chi connectivity index (χ4n) is 1.60. The molecule has 0 radical (unpaired) electrons. The van der Waals surface area contributed by atoms with Crippen molar-refractivity contribution in [3.63, 3.8) is 0 Å². The molecule has 1 aromatic carbocycles. The average molecular weight is 246 g/mol. The molecule has 0 saturated heterocycles. The Bertz CT molecular complexity index is 490. The zero-order valence-electron chi connectivity index (χ0n) is 7.97. The summed E-state index contributed by atoms with van der Waals surface area (Å²) < 4.78 is 25.4. The first kappa shape index (κ1) is 11.0. The number of fused-ring (bicyclic) bond motifs is 1. The summed E-state index contributed by atoms with van der Waals surface area (Å²) >= 11 is 5.50. The van der Waals surface area contributed by atoms with Crippen LogP contribution in [0.15, 0.2) is 12.1 Å². The second kappa shape index (κ2) is 3.83. The molecule has 84 valence electrons. The van der Waals surface area contributed by atoms with E-state index in [2.05, 4.69) is 0 Å². The highest BCUT2D eigenvalue weighted by molar-refractivity contribution is 6.52. The largest absolute Gasteiger partial charge is 0.302 e. The third-order valence-electron chi connectivity index (χ3n) is 2.32. The molecule has 0 spiro atoms. The molecular weight excluding hydrogens is 240 g/mol. The maximum absolute atomic E-state index is 13.2. The van der Waals surface area contributed by atoms with Crippen LogP contribution >= 0.6 is 11.6 Å². The van der Waals surface area contributed by atoms with Crippen molar-refractivity contribution in [1.82, 2.24) is 0 Å². The summed E-state index contributed by atoms with van der Waals surface area (Å²) in [6.07, 6.45) is 0. The minimum atomic E-state index is -0.852. The van der Waals surface area contributed by atoms with Gasteiger partial charge in [-0.25, -0.2) is 8.78 Å². The lowest BCUT2D eigenvalue weighted by atomic mass is 10.1. The molecule has 0 aromatic heterocycles. The standard InChI is InChI=1S/C10H6ClF2NO2/c11-6-3-5-8(4-7(6)13)14(2-1-12)10(16)9(5)15/h3-4H,1-2H2. The lowest BCUT2D eigenvalue weighted by molar-refractivity contribution is -0.114. The van der Waals surface area contributed by atoms with Gasteiger partial charge >= 0.3 is 0 Å². The molecule has 1 amide bonds. The summed E-state index contributed by atoms with van der Waals surface area (Å²) in [4.78, 5) is 23.8. The van der Waals surface area contributed by atoms with Gasteiger partial charge in [-0.3, -0.25) is 9.59 Å². The number of rotatable bonds is 2. The van der Waals surface area contributed by atoms with Gasteiger partial charge in [-0.15, -0.1) is 0 Å². The third kappa shape index (κ3) is 1.48. The molecule has 1 aliphatic rings. The van der Waals surface area contributed by atoms with E-state index in [1.54, 1.807) is 0 Å². The van der Waals surface area contributed by atoms with Crippen LogP contribution in [0.25, 0.3) is 0 Å². The quantitative estimate of drug-likeness (QED) is 0.747. The molecule has 1 heterocycles. The summed E-state index contributed by atoms with van der Waals surface area (Å²) in [7, 11) is 0. The second-order valence-corrected chi connectivity index (χ2v) is 3.67. The SMILES string of the molecule is O=C1C(=O)N(CCF)c2cc(F)c(Cl)cc21. The van der Waals surface area contributed by atoms with E-state index in [0.717, 1.165) is 17.0 Å². The number of amides is 1. The van der Waals surface area contributed by atoms with E-state index in [9.17, 15) is 18.4 Å². The predicted octanol–water partition coefficient (Wildman–Crippen LogP) is 1.98. The number of benzene rings is 1. The highest BCUT2D eigenvalue weighted by Gasteiger charge is 2.36. The molecule has 0 unspecified atom stereocenters. The van der Waals surface area contributed by atoms with Crippen LogP contribution in [0.2, 0.25) is 5.02 Å². The molecule has 0 aliphatic carbocycles. The summed E-state index contributed by atoms with van der Waals surface area (Å²) in [6.45, 7) is -1.07. The highest BCUT2D eigenvalue weighted by Crippen LogP contribution is 2.32. The highest BCUT2D eigenvalue weighted by atomic mass is 35.5. The lowest BCUT2D eigenvalue weighted by Crippen LogP contribution is -2.31. The zero-order chi connectivity index (χ0) is 11.9. The van der Waals surface area contributed by atoms with E-state index in [1.807, 2.05) is 0 Å². The van der Waals surface area contributed by atoms with E-state index in [1.165, 1.54) is 0 Å². The van der Waals surface area contributed by atoms with E-state index in [0.29, 0.717) is 0 Å². The molecule has 2 rings (SSSR count). The maximum Gasteiger partial charge on any atom is 0.299 e. The Hall–Kier alpha value is -1.49. The van der Waals surface area contributed by atoms with Crippen LogP contribution in [0.4, 0.5) is 14.5 Å². The molecular formula is C10H6ClF2NO2. The molecule has 0 atom stereocenters. The van der Waals surface area contributed by atoms with Crippen molar-refractivity contribution in [2.45, 2.75) is 0 Å². The molecule has 3 nitrogen and oxygen atoms in total. The van der Waals surface area contributed by atoms with Crippen molar-refractivity contribution in [1.29, 1.82) is 0 Å². The van der Waals surface area contributed by atoms with Crippen LogP contribution in [0, 0.1) is 5.82 Å². The van der Waals surface area contributed by atoms with Gasteiger partial charge in [0.15, 0.2) is 0 Å². The van der Waals surface area contributed by atoms with Gasteiger partial charge in [0.05, 0.1) is 22.8 Å². The Labute approximate surface area is 94.6 Å². The minimum Gasteiger partial charge on any atom is -0.302 e. The first-order valence-electron chi connectivity index (χ1n) is 4.47. The van der Waals surface area contributed by atoms with E-state index in [4.69, 9.17) is 11.6 Å². The Morgan fingerprint density at radius 2 is 2.00 bits per heavy atom. The zero-order valence-corrected chi connectivity index (χ0v) is 8.72. The number of Topliss-reactive ketones (excluding diaryl/α,β-unsaturated/α-hetero) is 1. The molecule has 1 aliphatic heterocycles. The molecule has 1 aromatic rings. The first-order chi connectivity index (χ1) is 7.56. The summed E-state index contributed by atoms with van der Waals surface area (Å²) in [5.74, 6) is -2.38. The third-order valence-corrected chi connectivity index (χ3v) is 2.61. The van der Waals surface area contributed by atoms with Gasteiger partial charge in [0, 0.05) is 0 Å². The van der Waals surface area contributed by atoms with Gasteiger partial charge in [-0.05, 0) is 12.1 Å². The van der Waals surface area contributed by atoms with E-state index in [-0.39, 0.29) is 22.8 Å². The lowest BCUT2D eigenvalue weighted by Gasteiger charge is -2.13. The van der Waals surface area contributed by atoms with Gasteiger partial charge in [0.25, 0.3) is 11.7 Å². The van der Waals surface area contributed by atoms with Gasteiger partial charge in [-0.2, -0.15) is 0 Å². The van der Waals surface area contributed by atoms with Gasteiger partial charge < -0.3 is 4.90 Å². The molecule has 0 bridgehead atoms. The molecule has 0 saturated carbocycles. The number of ketones is 1. The van der Waals surface area contributed by atoms with Crippen molar-refractivity contribution in [3.05, 3.63) is 28.5 Å². The fraction of sp³-hybridized carbons (Fsp3) is 0.200. The minimum absolute atomic E-state index is 0.0184. The van der Waals surface area contributed by atoms with Crippen molar-refractivity contribution < 1.29 is 18.4 Å². The first-order valence-corrected chi connectivity index (χ1v) is 4.85. The Balaban J connectivity index is 2.56. The number of nitrogens with zero attached hydrogens (tertiary/aromatic N) is 1. The Morgan fingerprint density at radius 1 is 1.31 bits per heavy atom. The van der Waals surface area contributed by atoms with Crippen LogP contribution in [0.1, 0.15) is 10.4 Å². The van der Waals surface area contributed by atoms with Crippen LogP contribution in [0.5, 0.6) is 0 Å². The normalized spacial score (nSPS) is 14.6. The van der Waals surface area contributed by atoms with Gasteiger partial charge in [0.2, 0.25) is 0 Å². The molecule has 16 heavy (non-hydrogen) atoms. The molecule has 0 fully saturated rings. The topological polar surface area (TPSA) is 37.4 Å². The number of halogens is 3. The maximum atomic E-state index is 13.2. The average Bonchev–Trinajstić information content (AvgIpc) is 2.46. The molecule has 0 N–H and O–H groups in total. The fourth-order valence-corrected chi connectivity index (χ4v) is 1.76. The smallest absolute Gasteiger partial charge is 0.299 e. The number of anilines is 1. The predicted molar refractivity (Wildman–Crippen MR) is 54.1 cm³/mol.